The van der Waals surface area contributed by atoms with E-state index in [-0.39, 0.29) is 0 Å². The molecule has 1 aliphatic rings. The first-order chi connectivity index (χ1) is 8.65. The van der Waals surface area contributed by atoms with Gasteiger partial charge in [0.15, 0.2) is 0 Å². The molecule has 2 nitrogen and oxygen atoms in total. The van der Waals surface area contributed by atoms with Gasteiger partial charge < -0.3 is 5.73 Å². The van der Waals surface area contributed by atoms with E-state index < -0.39 is 0 Å². The number of aryl methyl sites for hydroxylation is 2. The molecular formula is C16H24N2. The maximum absolute atomic E-state index is 5.67. The monoisotopic (exact) mass is 244 g/mol. The van der Waals surface area contributed by atoms with Crippen molar-refractivity contribution in [1.29, 1.82) is 0 Å². The zero-order chi connectivity index (χ0) is 13.0. The third-order valence-corrected chi connectivity index (χ3v) is 3.89. The number of nitrogens with two attached hydrogens (primary N) is 1. The lowest BCUT2D eigenvalue weighted by Crippen LogP contribution is -2.04. The van der Waals surface area contributed by atoms with Crippen LogP contribution in [0.15, 0.2) is 23.2 Å². The summed E-state index contributed by atoms with van der Waals surface area (Å²) in [6, 6.07) is 6.58. The molecule has 0 spiro atoms. The molecule has 0 heterocycles. The summed E-state index contributed by atoms with van der Waals surface area (Å²) in [7, 11) is 0. The maximum Gasteiger partial charge on any atom is 0.0965 e. The van der Waals surface area contributed by atoms with E-state index in [1.54, 1.807) is 0 Å². The fraction of sp³-hybridized carbons (Fsp3) is 0.562. The summed E-state index contributed by atoms with van der Waals surface area (Å²) >= 11 is 0. The van der Waals surface area contributed by atoms with Gasteiger partial charge in [0.2, 0.25) is 0 Å². The van der Waals surface area contributed by atoms with Crippen LogP contribution in [0.2, 0.25) is 0 Å². The first kappa shape index (κ1) is 13.1. The van der Waals surface area contributed by atoms with Gasteiger partial charge in [-0.05, 0) is 49.8 Å². The van der Waals surface area contributed by atoms with Crippen LogP contribution in [0.3, 0.4) is 0 Å². The highest BCUT2D eigenvalue weighted by Crippen LogP contribution is 2.29. The number of hydrogen-bond acceptors (Lipinski definition) is 1. The Bertz CT molecular complexity index is 425. The number of nitrogens with zero attached hydrogens (tertiary/aromatic N) is 1. The minimum Gasteiger partial charge on any atom is -0.387 e. The summed E-state index contributed by atoms with van der Waals surface area (Å²) in [5, 5.41) is 0. The largest absolute Gasteiger partial charge is 0.387 e. The van der Waals surface area contributed by atoms with Gasteiger partial charge in [0.05, 0.1) is 11.5 Å². The highest BCUT2D eigenvalue weighted by Gasteiger charge is 2.14. The molecule has 0 saturated heterocycles. The Morgan fingerprint density at radius 3 is 2.72 bits per heavy atom. The van der Waals surface area contributed by atoms with E-state index in [4.69, 9.17) is 5.73 Å². The summed E-state index contributed by atoms with van der Waals surface area (Å²) in [5.74, 6) is 1.58. The molecule has 1 fully saturated rings. The number of aliphatic imine (C=N–C) groups is 1. The first-order valence-corrected chi connectivity index (χ1v) is 7.05. The molecule has 2 heteroatoms. The molecule has 0 aromatic heterocycles. The molecule has 0 radical (unpaired) electrons. The van der Waals surface area contributed by atoms with E-state index >= 15 is 0 Å². The van der Waals surface area contributed by atoms with Gasteiger partial charge in [-0.1, -0.05) is 37.8 Å². The molecule has 0 aliphatic heterocycles. The standard InChI is InChI=1S/C16H24N2/c1-12-7-8-15(11-16(12)18-13(2)17)10-9-14-5-3-4-6-14/h7-8,11,14H,3-6,9-10H2,1-2H3,(H2,17,18). The predicted octanol–water partition coefficient (Wildman–Crippen LogP) is 4.13. The summed E-state index contributed by atoms with van der Waals surface area (Å²) in [4.78, 5) is 4.39. The first-order valence-electron chi connectivity index (χ1n) is 7.05. The van der Waals surface area contributed by atoms with Gasteiger partial charge in [0.1, 0.15) is 0 Å². The zero-order valence-electron chi connectivity index (χ0n) is 11.6. The quantitative estimate of drug-likeness (QED) is 0.627. The molecule has 2 rings (SSSR count). The number of amidine groups is 1. The van der Waals surface area contributed by atoms with Crippen molar-refractivity contribution in [2.45, 2.75) is 52.4 Å². The zero-order valence-corrected chi connectivity index (χ0v) is 11.6. The Kier molecular flexibility index (Phi) is 4.40. The SMILES string of the molecule is C/C(N)=N/c1cc(CCC2CCCC2)ccc1C. The average molecular weight is 244 g/mol. The summed E-state index contributed by atoms with van der Waals surface area (Å²) in [6.45, 7) is 3.92. The second-order valence-electron chi connectivity index (χ2n) is 5.56. The molecule has 0 amide bonds. The topological polar surface area (TPSA) is 38.4 Å². The number of benzene rings is 1. The minimum atomic E-state index is 0.631. The predicted molar refractivity (Wildman–Crippen MR) is 78.4 cm³/mol. The third-order valence-electron chi connectivity index (χ3n) is 3.89. The molecular weight excluding hydrogens is 220 g/mol. The Labute approximate surface area is 110 Å². The highest BCUT2D eigenvalue weighted by molar-refractivity contribution is 5.81. The maximum atomic E-state index is 5.67. The minimum absolute atomic E-state index is 0.631. The molecule has 1 aromatic carbocycles. The van der Waals surface area contributed by atoms with Crippen LogP contribution in [-0.4, -0.2) is 5.84 Å². The summed E-state index contributed by atoms with van der Waals surface area (Å²) < 4.78 is 0. The molecule has 18 heavy (non-hydrogen) atoms. The fourth-order valence-corrected chi connectivity index (χ4v) is 2.79. The van der Waals surface area contributed by atoms with Gasteiger partial charge >= 0.3 is 0 Å². The second-order valence-corrected chi connectivity index (χ2v) is 5.56. The second kappa shape index (κ2) is 6.03. The lowest BCUT2D eigenvalue weighted by Gasteiger charge is -2.10. The lowest BCUT2D eigenvalue weighted by atomic mass is 9.97. The fourth-order valence-electron chi connectivity index (χ4n) is 2.79. The van der Waals surface area contributed by atoms with Gasteiger partial charge in [-0.15, -0.1) is 0 Å². The van der Waals surface area contributed by atoms with Crippen LogP contribution in [0.4, 0.5) is 5.69 Å². The van der Waals surface area contributed by atoms with Gasteiger partial charge in [0, 0.05) is 0 Å². The van der Waals surface area contributed by atoms with E-state index in [0.29, 0.717) is 5.84 Å². The normalized spacial score (nSPS) is 17.3. The van der Waals surface area contributed by atoms with Crippen LogP contribution in [0.1, 0.15) is 50.2 Å². The van der Waals surface area contributed by atoms with Crippen LogP contribution < -0.4 is 5.73 Å². The van der Waals surface area contributed by atoms with E-state index in [0.717, 1.165) is 11.6 Å². The van der Waals surface area contributed by atoms with Crippen molar-refractivity contribution in [2.24, 2.45) is 16.6 Å². The Morgan fingerprint density at radius 2 is 2.06 bits per heavy atom. The third kappa shape index (κ3) is 3.59. The van der Waals surface area contributed by atoms with Crippen molar-refractivity contribution in [3.05, 3.63) is 29.3 Å². The number of rotatable bonds is 4. The molecule has 0 unspecified atom stereocenters. The van der Waals surface area contributed by atoms with Gasteiger partial charge in [0.25, 0.3) is 0 Å². The van der Waals surface area contributed by atoms with Crippen LogP contribution in [-0.2, 0) is 6.42 Å². The Hall–Kier alpha value is -1.31. The van der Waals surface area contributed by atoms with Crippen molar-refractivity contribution < 1.29 is 0 Å². The van der Waals surface area contributed by atoms with Crippen LogP contribution in [0.5, 0.6) is 0 Å². The van der Waals surface area contributed by atoms with Crippen molar-refractivity contribution in [3.8, 4) is 0 Å². The van der Waals surface area contributed by atoms with Crippen LogP contribution >= 0.6 is 0 Å². The summed E-state index contributed by atoms with van der Waals surface area (Å²) in [5.41, 5.74) is 9.29. The smallest absolute Gasteiger partial charge is 0.0965 e. The lowest BCUT2D eigenvalue weighted by molar-refractivity contribution is 0.504. The molecule has 1 aliphatic carbocycles. The van der Waals surface area contributed by atoms with Crippen LogP contribution in [0.25, 0.3) is 0 Å². The van der Waals surface area contributed by atoms with Gasteiger partial charge in [-0.2, -0.15) is 0 Å². The van der Waals surface area contributed by atoms with Crippen molar-refractivity contribution >= 4 is 11.5 Å². The molecule has 1 aromatic rings. The summed E-state index contributed by atoms with van der Waals surface area (Å²) in [6.07, 6.45) is 8.23. The van der Waals surface area contributed by atoms with Crippen LogP contribution in [0, 0.1) is 12.8 Å². The van der Waals surface area contributed by atoms with E-state index in [2.05, 4.69) is 30.1 Å². The number of hydrogen-bond donors (Lipinski definition) is 1. The van der Waals surface area contributed by atoms with Crippen molar-refractivity contribution in [3.63, 3.8) is 0 Å². The van der Waals surface area contributed by atoms with E-state index in [1.165, 1.54) is 49.7 Å². The molecule has 1 saturated carbocycles. The molecule has 98 valence electrons. The van der Waals surface area contributed by atoms with Gasteiger partial charge in [-0.3, -0.25) is 0 Å². The van der Waals surface area contributed by atoms with Gasteiger partial charge in [-0.25, -0.2) is 4.99 Å². The average Bonchev–Trinajstić information content (AvgIpc) is 2.82. The molecule has 0 atom stereocenters. The Morgan fingerprint density at radius 1 is 1.33 bits per heavy atom. The molecule has 0 bridgehead atoms. The van der Waals surface area contributed by atoms with Crippen molar-refractivity contribution in [1.82, 2.24) is 0 Å². The highest BCUT2D eigenvalue weighted by atomic mass is 14.8. The van der Waals surface area contributed by atoms with E-state index in [9.17, 15) is 0 Å². The van der Waals surface area contributed by atoms with Crippen molar-refractivity contribution in [2.75, 3.05) is 0 Å². The Balaban J connectivity index is 2.02. The molecule has 2 N–H and O–H groups in total. The van der Waals surface area contributed by atoms with E-state index in [1.807, 2.05) is 6.92 Å².